The van der Waals surface area contributed by atoms with Crippen LogP contribution in [0.3, 0.4) is 0 Å². The molecule has 0 amide bonds. The van der Waals surface area contributed by atoms with Gasteiger partial charge < -0.3 is 10.1 Å². The van der Waals surface area contributed by atoms with Gasteiger partial charge in [-0.25, -0.2) is 0 Å². The lowest BCUT2D eigenvalue weighted by Crippen LogP contribution is -2.55. The first-order chi connectivity index (χ1) is 5.04. The van der Waals surface area contributed by atoms with Crippen LogP contribution in [-0.2, 0) is 4.74 Å². The van der Waals surface area contributed by atoms with Crippen molar-refractivity contribution in [1.29, 1.82) is 0 Å². The largest absolute Gasteiger partial charge is 0.377 e. The molecule has 1 aliphatic carbocycles. The van der Waals surface area contributed by atoms with Crippen LogP contribution >= 0.6 is 0 Å². The van der Waals surface area contributed by atoms with E-state index in [0.29, 0.717) is 5.41 Å². The normalized spacial score (nSPS) is 26.2. The van der Waals surface area contributed by atoms with Crippen LogP contribution in [-0.4, -0.2) is 26.3 Å². The van der Waals surface area contributed by atoms with Crippen molar-refractivity contribution >= 4 is 0 Å². The maximum Gasteiger partial charge on any atom is 0.0812 e. The van der Waals surface area contributed by atoms with E-state index in [1.54, 1.807) is 0 Å². The van der Waals surface area contributed by atoms with Crippen LogP contribution < -0.4 is 5.32 Å². The Bertz CT molecular complexity index is 134. The molecule has 1 N–H and O–H groups in total. The summed E-state index contributed by atoms with van der Waals surface area (Å²) in [5.41, 5.74) is 0.630. The maximum absolute atomic E-state index is 5.49. The highest BCUT2D eigenvalue weighted by Gasteiger charge is 2.48. The molecule has 0 aliphatic heterocycles. The summed E-state index contributed by atoms with van der Waals surface area (Å²) >= 11 is 0. The second-order valence-electron chi connectivity index (χ2n) is 4.44. The fourth-order valence-corrected chi connectivity index (χ4v) is 2.36. The molecular weight excluding hydrogens is 138 g/mol. The zero-order valence-corrected chi connectivity index (χ0v) is 8.03. The highest BCUT2D eigenvalue weighted by Crippen LogP contribution is 2.49. The van der Waals surface area contributed by atoms with Crippen molar-refractivity contribution in [3.05, 3.63) is 0 Å². The van der Waals surface area contributed by atoms with Gasteiger partial charge in [-0.1, -0.05) is 13.8 Å². The maximum atomic E-state index is 5.49. The number of ether oxygens (including phenoxy) is 1. The van der Waals surface area contributed by atoms with Crippen molar-refractivity contribution in [3.8, 4) is 0 Å². The lowest BCUT2D eigenvalue weighted by Gasteiger charge is -2.52. The van der Waals surface area contributed by atoms with Crippen LogP contribution in [0.2, 0.25) is 0 Å². The topological polar surface area (TPSA) is 21.3 Å². The number of hydrogen-bond donors (Lipinski definition) is 1. The quantitative estimate of drug-likeness (QED) is 0.669. The van der Waals surface area contributed by atoms with Crippen molar-refractivity contribution < 1.29 is 4.74 Å². The molecule has 1 fully saturated rings. The number of rotatable bonds is 3. The molecule has 1 saturated carbocycles. The minimum absolute atomic E-state index is 0.137. The highest BCUT2D eigenvalue weighted by atomic mass is 16.5. The zero-order valence-electron chi connectivity index (χ0n) is 8.03. The Morgan fingerprint density at radius 1 is 1.36 bits per heavy atom. The van der Waals surface area contributed by atoms with Crippen LogP contribution in [0.15, 0.2) is 0 Å². The fraction of sp³-hybridized carbons (Fsp3) is 1.00. The van der Waals surface area contributed by atoms with E-state index >= 15 is 0 Å². The molecule has 0 atom stereocenters. The van der Waals surface area contributed by atoms with E-state index in [-0.39, 0.29) is 5.60 Å². The van der Waals surface area contributed by atoms with Gasteiger partial charge in [0.15, 0.2) is 0 Å². The summed E-state index contributed by atoms with van der Waals surface area (Å²) in [5, 5.41) is 3.17. The monoisotopic (exact) mass is 157 g/mol. The molecule has 1 rings (SSSR count). The highest BCUT2D eigenvalue weighted by molar-refractivity contribution is 5.01. The van der Waals surface area contributed by atoms with Crippen molar-refractivity contribution in [3.63, 3.8) is 0 Å². The Kier molecular flexibility index (Phi) is 2.26. The van der Waals surface area contributed by atoms with Gasteiger partial charge in [0.05, 0.1) is 5.60 Å². The average Bonchev–Trinajstić information content (AvgIpc) is 1.84. The molecule has 0 radical (unpaired) electrons. The number of methoxy groups -OCH3 is 1. The van der Waals surface area contributed by atoms with Crippen molar-refractivity contribution in [2.24, 2.45) is 5.41 Å². The Balaban J connectivity index is 2.43. The Morgan fingerprint density at radius 2 is 1.91 bits per heavy atom. The smallest absolute Gasteiger partial charge is 0.0812 e. The van der Waals surface area contributed by atoms with E-state index in [9.17, 15) is 0 Å². The van der Waals surface area contributed by atoms with Gasteiger partial charge >= 0.3 is 0 Å². The number of likely N-dealkylation sites (N-methyl/N-ethyl adjacent to an activating group) is 1. The first kappa shape index (κ1) is 9.01. The lowest BCUT2D eigenvalue weighted by atomic mass is 9.61. The summed E-state index contributed by atoms with van der Waals surface area (Å²) < 4.78 is 5.49. The molecule has 0 heterocycles. The molecule has 0 unspecified atom stereocenters. The molecule has 2 nitrogen and oxygen atoms in total. The molecule has 0 aromatic rings. The van der Waals surface area contributed by atoms with Gasteiger partial charge in [0.2, 0.25) is 0 Å². The van der Waals surface area contributed by atoms with Gasteiger partial charge in [-0.2, -0.15) is 0 Å². The third kappa shape index (κ3) is 1.74. The van der Waals surface area contributed by atoms with Crippen molar-refractivity contribution in [1.82, 2.24) is 5.32 Å². The molecule has 2 heteroatoms. The number of nitrogens with one attached hydrogen (secondary N) is 1. The van der Waals surface area contributed by atoms with Gasteiger partial charge in [0.25, 0.3) is 0 Å². The van der Waals surface area contributed by atoms with Crippen LogP contribution in [0.1, 0.15) is 26.7 Å². The van der Waals surface area contributed by atoms with E-state index in [1.165, 1.54) is 12.8 Å². The standard InChI is InChI=1S/C9H19NO/c1-8(2)5-9(6-8,11-4)7-10-3/h10H,5-7H2,1-4H3. The molecular formula is C9H19NO. The summed E-state index contributed by atoms with van der Waals surface area (Å²) in [4.78, 5) is 0. The third-order valence-electron chi connectivity index (χ3n) is 2.53. The molecule has 0 aromatic carbocycles. The zero-order chi connectivity index (χ0) is 8.54. The van der Waals surface area contributed by atoms with Gasteiger partial charge in [-0.15, -0.1) is 0 Å². The SMILES string of the molecule is CNCC1(OC)CC(C)(C)C1. The third-order valence-corrected chi connectivity index (χ3v) is 2.53. The van der Waals surface area contributed by atoms with E-state index in [1.807, 2.05) is 14.2 Å². The second kappa shape index (κ2) is 2.76. The van der Waals surface area contributed by atoms with Crippen molar-refractivity contribution in [2.45, 2.75) is 32.3 Å². The Morgan fingerprint density at radius 3 is 2.18 bits per heavy atom. The molecule has 0 spiro atoms. The van der Waals surface area contributed by atoms with E-state index in [2.05, 4.69) is 19.2 Å². The summed E-state index contributed by atoms with van der Waals surface area (Å²) in [7, 11) is 3.79. The number of hydrogen-bond acceptors (Lipinski definition) is 2. The van der Waals surface area contributed by atoms with Gasteiger partial charge in [0, 0.05) is 13.7 Å². The fourth-order valence-electron chi connectivity index (χ4n) is 2.36. The molecule has 11 heavy (non-hydrogen) atoms. The van der Waals surface area contributed by atoms with Gasteiger partial charge in [-0.3, -0.25) is 0 Å². The minimum Gasteiger partial charge on any atom is -0.377 e. The van der Waals surface area contributed by atoms with Crippen LogP contribution in [0, 0.1) is 5.41 Å². The predicted octanol–water partition coefficient (Wildman–Crippen LogP) is 1.41. The van der Waals surface area contributed by atoms with Crippen LogP contribution in [0.4, 0.5) is 0 Å². The molecule has 0 saturated heterocycles. The minimum atomic E-state index is 0.137. The summed E-state index contributed by atoms with van der Waals surface area (Å²) in [5.74, 6) is 0. The predicted molar refractivity (Wildman–Crippen MR) is 46.7 cm³/mol. The summed E-state index contributed by atoms with van der Waals surface area (Å²) in [6, 6.07) is 0. The summed E-state index contributed by atoms with van der Waals surface area (Å²) in [6.45, 7) is 5.56. The summed E-state index contributed by atoms with van der Waals surface area (Å²) in [6.07, 6.45) is 2.36. The Labute approximate surface area is 69.3 Å². The van der Waals surface area contributed by atoms with E-state index < -0.39 is 0 Å². The first-order valence-corrected chi connectivity index (χ1v) is 4.23. The second-order valence-corrected chi connectivity index (χ2v) is 4.44. The van der Waals surface area contributed by atoms with E-state index in [4.69, 9.17) is 4.74 Å². The van der Waals surface area contributed by atoms with Crippen LogP contribution in [0.25, 0.3) is 0 Å². The first-order valence-electron chi connectivity index (χ1n) is 4.23. The van der Waals surface area contributed by atoms with Crippen LogP contribution in [0.5, 0.6) is 0 Å². The van der Waals surface area contributed by atoms with Gasteiger partial charge in [-0.05, 0) is 25.3 Å². The van der Waals surface area contributed by atoms with Crippen molar-refractivity contribution in [2.75, 3.05) is 20.7 Å². The molecule has 66 valence electrons. The lowest BCUT2D eigenvalue weighted by molar-refractivity contribution is -0.134. The Hall–Kier alpha value is -0.0800. The molecule has 0 bridgehead atoms. The van der Waals surface area contributed by atoms with Gasteiger partial charge in [0.1, 0.15) is 0 Å². The average molecular weight is 157 g/mol. The van der Waals surface area contributed by atoms with E-state index in [0.717, 1.165) is 6.54 Å². The molecule has 0 aromatic heterocycles. The molecule has 1 aliphatic rings.